The van der Waals surface area contributed by atoms with E-state index in [1.807, 2.05) is 6.92 Å². The number of carbonyl (C=O) groups excluding carboxylic acids is 1. The summed E-state index contributed by atoms with van der Waals surface area (Å²) in [4.78, 5) is 11.5. The van der Waals surface area contributed by atoms with Crippen molar-refractivity contribution in [2.75, 3.05) is 0 Å². The first-order valence-electron chi connectivity index (χ1n) is 5.97. The summed E-state index contributed by atoms with van der Waals surface area (Å²) >= 11 is 0. The van der Waals surface area contributed by atoms with E-state index in [1.54, 1.807) is 6.08 Å². The third kappa shape index (κ3) is 4.11. The van der Waals surface area contributed by atoms with Crippen LogP contribution in [-0.2, 0) is 9.53 Å². The van der Waals surface area contributed by atoms with Crippen LogP contribution in [0.25, 0.3) is 0 Å². The summed E-state index contributed by atoms with van der Waals surface area (Å²) in [6.45, 7) is 1.89. The highest BCUT2D eigenvalue weighted by Gasteiger charge is 2.30. The average Bonchev–Trinajstić information content (AvgIpc) is 2.31. The van der Waals surface area contributed by atoms with E-state index in [-0.39, 0.29) is 6.42 Å². The number of hydrogen-bond acceptors (Lipinski definition) is 5. The molecule has 98 valence electrons. The van der Waals surface area contributed by atoms with Gasteiger partial charge in [0.1, 0.15) is 18.3 Å². The zero-order chi connectivity index (χ0) is 12.8. The van der Waals surface area contributed by atoms with Gasteiger partial charge in [0, 0.05) is 0 Å². The van der Waals surface area contributed by atoms with E-state index in [1.165, 1.54) is 6.08 Å². The number of rotatable bonds is 2. The lowest BCUT2D eigenvalue weighted by Gasteiger charge is -2.27. The van der Waals surface area contributed by atoms with Crippen molar-refractivity contribution in [1.29, 1.82) is 0 Å². The maximum absolute atomic E-state index is 11.5. The van der Waals surface area contributed by atoms with Crippen LogP contribution in [-0.4, -0.2) is 45.7 Å². The molecule has 5 nitrogen and oxygen atoms in total. The molecule has 0 spiro atoms. The van der Waals surface area contributed by atoms with Gasteiger partial charge in [-0.3, -0.25) is 0 Å². The molecule has 0 aromatic heterocycles. The fraction of sp³-hybridized carbons (Fsp3) is 0.750. The van der Waals surface area contributed by atoms with Crippen LogP contribution >= 0.6 is 0 Å². The fourth-order valence-electron chi connectivity index (χ4n) is 1.75. The number of esters is 1. The lowest BCUT2D eigenvalue weighted by Crippen LogP contribution is -2.41. The number of hydrogen-bond donors (Lipinski definition) is 3. The Morgan fingerprint density at radius 1 is 1.41 bits per heavy atom. The minimum absolute atomic E-state index is 0.261. The maximum atomic E-state index is 11.5. The average molecular weight is 244 g/mol. The maximum Gasteiger partial charge on any atom is 0.335 e. The van der Waals surface area contributed by atoms with E-state index >= 15 is 0 Å². The van der Waals surface area contributed by atoms with Crippen LogP contribution in [0.1, 0.15) is 32.6 Å². The molecule has 0 aromatic carbocycles. The first-order chi connectivity index (χ1) is 8.06. The molecular weight excluding hydrogens is 224 g/mol. The molecule has 0 aliphatic carbocycles. The molecule has 5 heteroatoms. The van der Waals surface area contributed by atoms with Gasteiger partial charge in [-0.05, 0) is 19.3 Å². The fourth-order valence-corrected chi connectivity index (χ4v) is 1.75. The first-order valence-corrected chi connectivity index (χ1v) is 5.97. The zero-order valence-corrected chi connectivity index (χ0v) is 9.95. The van der Waals surface area contributed by atoms with Gasteiger partial charge in [-0.2, -0.15) is 0 Å². The third-order valence-corrected chi connectivity index (χ3v) is 2.78. The summed E-state index contributed by atoms with van der Waals surface area (Å²) in [6, 6.07) is 0. The molecule has 0 amide bonds. The topological polar surface area (TPSA) is 87.0 Å². The molecule has 4 atom stereocenters. The lowest BCUT2D eigenvalue weighted by molar-refractivity contribution is -0.169. The van der Waals surface area contributed by atoms with Crippen LogP contribution in [0.2, 0.25) is 0 Å². The van der Waals surface area contributed by atoms with Crippen LogP contribution < -0.4 is 0 Å². The molecule has 0 aromatic rings. The van der Waals surface area contributed by atoms with E-state index in [4.69, 9.17) is 4.74 Å². The minimum atomic E-state index is -1.17. The molecule has 1 aliphatic rings. The first kappa shape index (κ1) is 14.2. The van der Waals surface area contributed by atoms with E-state index in [0.717, 1.165) is 0 Å². The van der Waals surface area contributed by atoms with Crippen LogP contribution in [0.15, 0.2) is 12.2 Å². The van der Waals surface area contributed by atoms with Crippen molar-refractivity contribution in [3.05, 3.63) is 12.2 Å². The van der Waals surface area contributed by atoms with Crippen molar-refractivity contribution in [3.8, 4) is 0 Å². The summed E-state index contributed by atoms with van der Waals surface area (Å²) in [5, 5.41) is 29.0. The molecule has 1 rings (SSSR count). The third-order valence-electron chi connectivity index (χ3n) is 2.78. The smallest absolute Gasteiger partial charge is 0.335 e. The Morgan fingerprint density at radius 2 is 2.12 bits per heavy atom. The summed E-state index contributed by atoms with van der Waals surface area (Å²) in [6.07, 6.45) is 0.857. The molecule has 0 radical (unpaired) electrons. The number of ether oxygens (including phenoxy) is 1. The molecule has 0 saturated heterocycles. The Morgan fingerprint density at radius 3 is 2.76 bits per heavy atom. The van der Waals surface area contributed by atoms with Crippen LogP contribution in [0.4, 0.5) is 0 Å². The normalized spacial score (nSPS) is 37.3. The van der Waals surface area contributed by atoms with Crippen molar-refractivity contribution in [2.24, 2.45) is 0 Å². The second-order valence-electron chi connectivity index (χ2n) is 4.27. The van der Waals surface area contributed by atoms with E-state index in [0.29, 0.717) is 19.3 Å². The summed E-state index contributed by atoms with van der Waals surface area (Å²) < 4.78 is 5.03. The number of cyclic esters (lactones) is 1. The van der Waals surface area contributed by atoms with Crippen molar-refractivity contribution in [2.45, 2.75) is 57.0 Å². The quantitative estimate of drug-likeness (QED) is 0.475. The molecule has 0 unspecified atom stereocenters. The minimum Gasteiger partial charge on any atom is -0.458 e. The predicted octanol–water partition coefficient (Wildman–Crippen LogP) is 0.131. The largest absolute Gasteiger partial charge is 0.458 e. The molecule has 0 fully saturated rings. The van der Waals surface area contributed by atoms with E-state index in [2.05, 4.69) is 0 Å². The number of carbonyl (C=O) groups is 1. The van der Waals surface area contributed by atoms with E-state index in [9.17, 15) is 20.1 Å². The summed E-state index contributed by atoms with van der Waals surface area (Å²) in [7, 11) is 0. The van der Waals surface area contributed by atoms with Gasteiger partial charge in [0.15, 0.2) is 6.10 Å². The molecular formula is C12H20O5. The van der Waals surface area contributed by atoms with Gasteiger partial charge in [0.25, 0.3) is 0 Å². The van der Waals surface area contributed by atoms with E-state index < -0.39 is 30.4 Å². The highest BCUT2D eigenvalue weighted by molar-refractivity contribution is 5.74. The molecule has 0 saturated carbocycles. The molecule has 17 heavy (non-hydrogen) atoms. The zero-order valence-electron chi connectivity index (χ0n) is 9.95. The van der Waals surface area contributed by atoms with Crippen molar-refractivity contribution >= 4 is 5.97 Å². The predicted molar refractivity (Wildman–Crippen MR) is 61.2 cm³/mol. The number of aliphatic hydroxyl groups excluding tert-OH is 3. The van der Waals surface area contributed by atoms with Gasteiger partial charge < -0.3 is 20.1 Å². The van der Waals surface area contributed by atoms with Gasteiger partial charge >= 0.3 is 5.97 Å². The van der Waals surface area contributed by atoms with Crippen LogP contribution in [0, 0.1) is 0 Å². The molecule has 0 bridgehead atoms. The molecule has 3 N–H and O–H groups in total. The molecule has 1 heterocycles. The van der Waals surface area contributed by atoms with Crippen LogP contribution in [0.5, 0.6) is 0 Å². The van der Waals surface area contributed by atoms with Crippen molar-refractivity contribution < 1.29 is 24.9 Å². The SMILES string of the molecule is CCC[C@@H]1OC(=O)[C@H](O)CC/C=C/[C@@H](O)[C@H]1O. The molecule has 1 aliphatic heterocycles. The second kappa shape index (κ2) is 6.74. The monoisotopic (exact) mass is 244 g/mol. The Labute approximate surface area is 101 Å². The summed E-state index contributed by atoms with van der Waals surface area (Å²) in [5.74, 6) is -0.731. The van der Waals surface area contributed by atoms with Gasteiger partial charge in [0.05, 0.1) is 0 Å². The van der Waals surface area contributed by atoms with Crippen molar-refractivity contribution in [3.63, 3.8) is 0 Å². The van der Waals surface area contributed by atoms with Gasteiger partial charge in [-0.1, -0.05) is 25.5 Å². The highest BCUT2D eigenvalue weighted by atomic mass is 16.6. The Hall–Kier alpha value is -0.910. The highest BCUT2D eigenvalue weighted by Crippen LogP contribution is 2.16. The second-order valence-corrected chi connectivity index (χ2v) is 4.27. The standard InChI is InChI=1S/C12H20O5/c1-2-5-10-11(15)8(13)6-3-4-7-9(14)12(16)17-10/h3,6,8-11,13-15H,2,4-5,7H2,1H3/b6-3+/t8-,9-,10+,11-/m1/s1. The van der Waals surface area contributed by atoms with Gasteiger partial charge in [-0.25, -0.2) is 4.79 Å². The van der Waals surface area contributed by atoms with Gasteiger partial charge in [-0.15, -0.1) is 0 Å². The lowest BCUT2D eigenvalue weighted by atomic mass is 10.0. The number of aliphatic hydroxyl groups is 3. The van der Waals surface area contributed by atoms with Gasteiger partial charge in [0.2, 0.25) is 0 Å². The Balaban J connectivity index is 2.80. The van der Waals surface area contributed by atoms with Crippen LogP contribution in [0.3, 0.4) is 0 Å². The Kier molecular flexibility index (Phi) is 5.61. The number of allylic oxidation sites excluding steroid dienone is 1. The Bertz CT molecular complexity index is 276. The van der Waals surface area contributed by atoms with Crippen molar-refractivity contribution in [1.82, 2.24) is 0 Å². The summed E-state index contributed by atoms with van der Waals surface area (Å²) in [5.41, 5.74) is 0.